The fourth-order valence-electron chi connectivity index (χ4n) is 3.85. The first-order valence-corrected chi connectivity index (χ1v) is 10.7. The maximum atomic E-state index is 13.0. The minimum absolute atomic E-state index is 0. The molecule has 1 saturated heterocycles. The van der Waals surface area contributed by atoms with Crippen LogP contribution in [0.4, 0.5) is 0 Å². The van der Waals surface area contributed by atoms with E-state index in [9.17, 15) is 8.42 Å². The molecule has 0 radical (unpaired) electrons. The van der Waals surface area contributed by atoms with Gasteiger partial charge in [-0.1, -0.05) is 18.0 Å². The van der Waals surface area contributed by atoms with Gasteiger partial charge in [0, 0.05) is 18.7 Å². The summed E-state index contributed by atoms with van der Waals surface area (Å²) in [6.07, 6.45) is 5.47. The average Bonchev–Trinajstić information content (AvgIpc) is 3.42. The molecular weight excluding hydrogens is 404 g/mol. The molecule has 1 aromatic heterocycles. The van der Waals surface area contributed by atoms with Crippen molar-refractivity contribution in [3.63, 3.8) is 0 Å². The van der Waals surface area contributed by atoms with Gasteiger partial charge in [0.25, 0.3) is 5.89 Å². The highest BCUT2D eigenvalue weighted by Gasteiger charge is 2.36. The Morgan fingerprint density at radius 1 is 1.18 bits per heavy atom. The molecule has 28 heavy (non-hydrogen) atoms. The topological polar surface area (TPSA) is 112 Å². The third-order valence-electron chi connectivity index (χ3n) is 5.46. The fourth-order valence-corrected chi connectivity index (χ4v) is 5.55. The molecule has 0 unspecified atom stereocenters. The van der Waals surface area contributed by atoms with Crippen LogP contribution >= 0.6 is 12.4 Å². The first kappa shape index (κ1) is 21.0. The first-order valence-electron chi connectivity index (χ1n) is 9.26. The Balaban J connectivity index is 0.00000225. The van der Waals surface area contributed by atoms with Crippen LogP contribution in [0.2, 0.25) is 0 Å². The van der Waals surface area contributed by atoms with Crippen molar-refractivity contribution < 1.29 is 17.7 Å². The Kier molecular flexibility index (Phi) is 6.00. The number of halogens is 1. The van der Waals surface area contributed by atoms with Crippen molar-refractivity contribution >= 4 is 22.4 Å². The molecule has 0 amide bonds. The molecule has 0 spiro atoms. The summed E-state index contributed by atoms with van der Waals surface area (Å²) in [6, 6.07) is 4.88. The van der Waals surface area contributed by atoms with Gasteiger partial charge >= 0.3 is 0 Å². The van der Waals surface area contributed by atoms with Gasteiger partial charge in [0.05, 0.1) is 12.6 Å². The normalized spacial score (nSPS) is 19.5. The highest BCUT2D eigenvalue weighted by Crippen LogP contribution is 2.37. The van der Waals surface area contributed by atoms with Gasteiger partial charge in [0.15, 0.2) is 5.82 Å². The van der Waals surface area contributed by atoms with Crippen LogP contribution in [0.3, 0.4) is 0 Å². The monoisotopic (exact) mass is 428 g/mol. The number of hydrogen-bond acceptors (Lipinski definition) is 7. The lowest BCUT2D eigenvalue weighted by Gasteiger charge is -2.18. The molecule has 4 rings (SSSR count). The number of rotatable bonds is 5. The molecule has 2 fully saturated rings. The van der Waals surface area contributed by atoms with Crippen LogP contribution in [0.5, 0.6) is 5.75 Å². The molecule has 0 atom stereocenters. The number of benzene rings is 1. The molecule has 1 aliphatic carbocycles. The van der Waals surface area contributed by atoms with Gasteiger partial charge in [-0.25, -0.2) is 8.42 Å². The second-order valence-corrected chi connectivity index (χ2v) is 9.17. The van der Waals surface area contributed by atoms with Crippen LogP contribution < -0.4 is 10.5 Å². The summed E-state index contributed by atoms with van der Waals surface area (Å²) in [5.41, 5.74) is 6.37. The summed E-state index contributed by atoms with van der Waals surface area (Å²) in [5.74, 6) is 1.05. The second-order valence-electron chi connectivity index (χ2n) is 7.26. The minimum atomic E-state index is -3.64. The van der Waals surface area contributed by atoms with Crippen molar-refractivity contribution in [2.45, 2.75) is 49.0 Å². The third-order valence-corrected chi connectivity index (χ3v) is 7.38. The second kappa shape index (κ2) is 7.98. The smallest absolute Gasteiger partial charge is 0.258 e. The van der Waals surface area contributed by atoms with E-state index < -0.39 is 15.6 Å². The van der Waals surface area contributed by atoms with E-state index in [1.165, 1.54) is 11.4 Å². The SMILES string of the molecule is COc1ccc(-c2nc(C3(N)CCCC3)no2)cc1S(=O)(=O)N1CCCC1.Cl. The summed E-state index contributed by atoms with van der Waals surface area (Å²) in [6.45, 7) is 1.05. The van der Waals surface area contributed by atoms with E-state index in [0.29, 0.717) is 30.2 Å². The van der Waals surface area contributed by atoms with Gasteiger partial charge in [0.2, 0.25) is 10.0 Å². The molecule has 0 bridgehead atoms. The Morgan fingerprint density at radius 3 is 2.50 bits per heavy atom. The zero-order chi connectivity index (χ0) is 19.1. The van der Waals surface area contributed by atoms with Gasteiger partial charge < -0.3 is 15.0 Å². The van der Waals surface area contributed by atoms with E-state index in [4.69, 9.17) is 15.0 Å². The lowest BCUT2D eigenvalue weighted by molar-refractivity contribution is 0.372. The number of nitrogens with two attached hydrogens (primary N) is 1. The van der Waals surface area contributed by atoms with Crippen LogP contribution in [-0.2, 0) is 15.6 Å². The summed E-state index contributed by atoms with van der Waals surface area (Å²) in [4.78, 5) is 4.58. The van der Waals surface area contributed by atoms with Crippen LogP contribution in [0.1, 0.15) is 44.3 Å². The van der Waals surface area contributed by atoms with E-state index in [-0.39, 0.29) is 23.2 Å². The quantitative estimate of drug-likeness (QED) is 0.778. The summed E-state index contributed by atoms with van der Waals surface area (Å²) >= 11 is 0. The molecule has 2 aliphatic rings. The Hall–Kier alpha value is -1.68. The van der Waals surface area contributed by atoms with Crippen LogP contribution in [0, 0.1) is 0 Å². The van der Waals surface area contributed by atoms with Crippen molar-refractivity contribution in [1.29, 1.82) is 0 Å². The molecule has 1 aromatic carbocycles. The first-order chi connectivity index (χ1) is 12.9. The van der Waals surface area contributed by atoms with Gasteiger partial charge in [0.1, 0.15) is 10.6 Å². The van der Waals surface area contributed by atoms with E-state index in [2.05, 4.69) is 10.1 Å². The zero-order valence-corrected chi connectivity index (χ0v) is 17.4. The zero-order valence-electron chi connectivity index (χ0n) is 15.8. The van der Waals surface area contributed by atoms with Gasteiger partial charge in [-0.3, -0.25) is 0 Å². The van der Waals surface area contributed by atoms with Gasteiger partial charge in [-0.05, 0) is 43.9 Å². The molecule has 1 saturated carbocycles. The predicted octanol–water partition coefficient (Wildman–Crippen LogP) is 2.68. The van der Waals surface area contributed by atoms with E-state index in [1.54, 1.807) is 18.2 Å². The summed E-state index contributed by atoms with van der Waals surface area (Å²) in [5, 5.41) is 4.06. The molecule has 1 aliphatic heterocycles. The standard InChI is InChI=1S/C18H24N4O4S.ClH/c1-25-14-7-6-13(12-15(14)27(23,24)22-10-4-5-11-22)16-20-17(21-26-16)18(19)8-2-3-9-18;/h6-7,12H,2-5,8-11,19H2,1H3;1H. The van der Waals surface area contributed by atoms with E-state index >= 15 is 0 Å². The van der Waals surface area contributed by atoms with Crippen LogP contribution in [0.15, 0.2) is 27.6 Å². The highest BCUT2D eigenvalue weighted by molar-refractivity contribution is 7.89. The number of sulfonamides is 1. The van der Waals surface area contributed by atoms with Crippen molar-refractivity contribution in [1.82, 2.24) is 14.4 Å². The summed E-state index contributed by atoms with van der Waals surface area (Å²) < 4.78 is 38.2. The number of methoxy groups -OCH3 is 1. The fraction of sp³-hybridized carbons (Fsp3) is 0.556. The van der Waals surface area contributed by atoms with Gasteiger partial charge in [-0.15, -0.1) is 12.4 Å². The van der Waals surface area contributed by atoms with Crippen molar-refractivity contribution in [2.24, 2.45) is 5.73 Å². The van der Waals surface area contributed by atoms with Gasteiger partial charge in [-0.2, -0.15) is 9.29 Å². The summed E-state index contributed by atoms with van der Waals surface area (Å²) in [7, 11) is -2.18. The lowest BCUT2D eigenvalue weighted by Crippen LogP contribution is -2.34. The van der Waals surface area contributed by atoms with Crippen molar-refractivity contribution in [3.8, 4) is 17.2 Å². The third kappa shape index (κ3) is 3.63. The maximum Gasteiger partial charge on any atom is 0.258 e. The molecule has 154 valence electrons. The number of aromatic nitrogens is 2. The molecule has 2 aromatic rings. The average molecular weight is 429 g/mol. The minimum Gasteiger partial charge on any atom is -0.495 e. The van der Waals surface area contributed by atoms with E-state index in [0.717, 1.165) is 38.5 Å². The van der Waals surface area contributed by atoms with Crippen LogP contribution in [0.25, 0.3) is 11.5 Å². The Labute approximate surface area is 170 Å². The largest absolute Gasteiger partial charge is 0.495 e. The Bertz CT molecular complexity index is 935. The molecular formula is C18H25ClN4O4S. The number of hydrogen-bond donors (Lipinski definition) is 1. The Morgan fingerprint density at radius 2 is 1.86 bits per heavy atom. The maximum absolute atomic E-state index is 13.0. The van der Waals surface area contributed by atoms with Crippen molar-refractivity contribution in [2.75, 3.05) is 20.2 Å². The molecule has 8 nitrogen and oxygen atoms in total. The predicted molar refractivity (Wildman–Crippen MR) is 106 cm³/mol. The molecule has 10 heteroatoms. The highest BCUT2D eigenvalue weighted by atomic mass is 35.5. The van der Waals surface area contributed by atoms with E-state index in [1.807, 2.05) is 0 Å². The van der Waals surface area contributed by atoms with Crippen molar-refractivity contribution in [3.05, 3.63) is 24.0 Å². The number of nitrogens with zero attached hydrogens (tertiary/aromatic N) is 3. The van der Waals surface area contributed by atoms with Crippen LogP contribution in [-0.4, -0.2) is 43.1 Å². The molecule has 2 N–H and O–H groups in total. The number of ether oxygens (including phenoxy) is 1. The lowest BCUT2D eigenvalue weighted by atomic mass is 9.99. The molecule has 2 heterocycles.